The molecule has 0 saturated heterocycles. The molecule has 1 rings (SSSR count). The zero-order valence-corrected chi connectivity index (χ0v) is 9.17. The van der Waals surface area contributed by atoms with Gasteiger partial charge in [0.1, 0.15) is 0 Å². The molecule has 0 bridgehead atoms. The molecule has 0 aromatic heterocycles. The first-order valence-corrected chi connectivity index (χ1v) is 5.81. The molecule has 0 aromatic rings. The van der Waals surface area contributed by atoms with Crippen molar-refractivity contribution in [1.29, 1.82) is 0 Å². The summed E-state index contributed by atoms with van der Waals surface area (Å²) in [6, 6.07) is 0. The summed E-state index contributed by atoms with van der Waals surface area (Å²) < 4.78 is 5.39. The van der Waals surface area contributed by atoms with Crippen LogP contribution in [0.5, 0.6) is 0 Å². The lowest BCUT2D eigenvalue weighted by Crippen LogP contribution is -2.30. The normalized spacial score (nSPS) is 18.4. The molecule has 2 N–H and O–H groups in total. The van der Waals surface area contributed by atoms with Crippen LogP contribution < -0.4 is 5.32 Å². The maximum atomic E-state index is 9.53. The molecule has 3 nitrogen and oxygen atoms in total. The summed E-state index contributed by atoms with van der Waals surface area (Å²) in [5, 5.41) is 12.7. The minimum absolute atomic E-state index is 0.134. The van der Waals surface area contributed by atoms with E-state index in [9.17, 15) is 5.11 Å². The second-order valence-electron chi connectivity index (χ2n) is 4.07. The van der Waals surface area contributed by atoms with Gasteiger partial charge in [0.25, 0.3) is 0 Å². The molecule has 3 heteroatoms. The lowest BCUT2D eigenvalue weighted by Gasteiger charge is -2.10. The van der Waals surface area contributed by atoms with Crippen molar-refractivity contribution in [1.82, 2.24) is 5.32 Å². The highest BCUT2D eigenvalue weighted by molar-refractivity contribution is 4.81. The average molecular weight is 201 g/mol. The van der Waals surface area contributed by atoms with Gasteiger partial charge in [-0.05, 0) is 25.2 Å². The number of nitrogens with one attached hydrogen (secondary N) is 1. The largest absolute Gasteiger partial charge is 0.392 e. The van der Waals surface area contributed by atoms with E-state index in [1.54, 1.807) is 0 Å². The summed E-state index contributed by atoms with van der Waals surface area (Å²) in [4.78, 5) is 0. The Morgan fingerprint density at radius 1 is 1.43 bits per heavy atom. The smallest absolute Gasteiger partial charge is 0.0692 e. The van der Waals surface area contributed by atoms with Crippen LogP contribution in [0.15, 0.2) is 0 Å². The Bertz CT molecular complexity index is 137. The maximum absolute atomic E-state index is 9.53. The van der Waals surface area contributed by atoms with Crippen LogP contribution in [-0.4, -0.2) is 37.5 Å². The van der Waals surface area contributed by atoms with E-state index in [0.29, 0.717) is 5.92 Å². The van der Waals surface area contributed by atoms with Crippen molar-refractivity contribution in [2.45, 2.75) is 38.7 Å². The molecule has 14 heavy (non-hydrogen) atoms. The van der Waals surface area contributed by atoms with Gasteiger partial charge in [0.2, 0.25) is 0 Å². The SMILES string of the molecule is CCCCOCCNCC(O)C1CC1. The highest BCUT2D eigenvalue weighted by Gasteiger charge is 2.28. The molecule has 0 radical (unpaired) electrons. The fraction of sp³-hybridized carbons (Fsp3) is 1.00. The van der Waals surface area contributed by atoms with Gasteiger partial charge in [0.05, 0.1) is 12.7 Å². The summed E-state index contributed by atoms with van der Waals surface area (Å²) in [5.41, 5.74) is 0. The summed E-state index contributed by atoms with van der Waals surface area (Å²) in [5.74, 6) is 0.573. The van der Waals surface area contributed by atoms with Crippen LogP contribution in [-0.2, 0) is 4.74 Å². The first-order valence-electron chi connectivity index (χ1n) is 5.81. The van der Waals surface area contributed by atoms with Crippen LogP contribution in [0.1, 0.15) is 32.6 Å². The van der Waals surface area contributed by atoms with E-state index in [4.69, 9.17) is 4.74 Å². The topological polar surface area (TPSA) is 41.5 Å². The van der Waals surface area contributed by atoms with E-state index in [-0.39, 0.29) is 6.10 Å². The molecule has 0 spiro atoms. The van der Waals surface area contributed by atoms with Crippen molar-refractivity contribution >= 4 is 0 Å². The van der Waals surface area contributed by atoms with Gasteiger partial charge in [0, 0.05) is 19.7 Å². The molecule has 1 atom stereocenters. The fourth-order valence-electron chi connectivity index (χ4n) is 1.39. The van der Waals surface area contributed by atoms with Crippen molar-refractivity contribution in [2.75, 3.05) is 26.3 Å². The predicted molar refractivity (Wildman–Crippen MR) is 57.3 cm³/mol. The van der Waals surface area contributed by atoms with Crippen LogP contribution in [0.25, 0.3) is 0 Å². The molecule has 1 fully saturated rings. The average Bonchev–Trinajstić information content (AvgIpc) is 2.99. The van der Waals surface area contributed by atoms with Crippen molar-refractivity contribution in [3.8, 4) is 0 Å². The minimum Gasteiger partial charge on any atom is -0.392 e. The third-order valence-electron chi connectivity index (χ3n) is 2.59. The Morgan fingerprint density at radius 3 is 2.86 bits per heavy atom. The quantitative estimate of drug-likeness (QED) is 0.550. The van der Waals surface area contributed by atoms with Crippen LogP contribution in [0.3, 0.4) is 0 Å². The lowest BCUT2D eigenvalue weighted by molar-refractivity contribution is 0.120. The van der Waals surface area contributed by atoms with Gasteiger partial charge in [-0.3, -0.25) is 0 Å². The van der Waals surface area contributed by atoms with Crippen molar-refractivity contribution in [3.05, 3.63) is 0 Å². The van der Waals surface area contributed by atoms with Gasteiger partial charge in [-0.2, -0.15) is 0 Å². The molecule has 0 heterocycles. The molecule has 0 amide bonds. The Morgan fingerprint density at radius 2 is 2.21 bits per heavy atom. The van der Waals surface area contributed by atoms with E-state index in [1.807, 2.05) is 0 Å². The van der Waals surface area contributed by atoms with Crippen LogP contribution in [0, 0.1) is 5.92 Å². The monoisotopic (exact) mass is 201 g/mol. The second-order valence-corrected chi connectivity index (χ2v) is 4.07. The number of hydrogen-bond acceptors (Lipinski definition) is 3. The summed E-state index contributed by atoms with van der Waals surface area (Å²) >= 11 is 0. The first-order chi connectivity index (χ1) is 6.84. The second kappa shape index (κ2) is 7.21. The van der Waals surface area contributed by atoms with Crippen LogP contribution >= 0.6 is 0 Å². The zero-order valence-electron chi connectivity index (χ0n) is 9.17. The molecule has 1 unspecified atom stereocenters. The Balaban J connectivity index is 1.75. The van der Waals surface area contributed by atoms with E-state index < -0.39 is 0 Å². The highest BCUT2D eigenvalue weighted by Crippen LogP contribution is 2.32. The molecule has 0 aromatic carbocycles. The first kappa shape index (κ1) is 12.0. The van der Waals surface area contributed by atoms with Gasteiger partial charge in [0.15, 0.2) is 0 Å². The number of hydrogen-bond donors (Lipinski definition) is 2. The molecule has 0 aliphatic heterocycles. The standard InChI is InChI=1S/C11H23NO2/c1-2-3-7-14-8-6-12-9-11(13)10-4-5-10/h10-13H,2-9H2,1H3. The third-order valence-corrected chi connectivity index (χ3v) is 2.59. The minimum atomic E-state index is -0.134. The number of rotatable bonds is 9. The van der Waals surface area contributed by atoms with Crippen molar-refractivity contribution in [2.24, 2.45) is 5.92 Å². The highest BCUT2D eigenvalue weighted by atomic mass is 16.5. The van der Waals surface area contributed by atoms with Crippen molar-refractivity contribution in [3.63, 3.8) is 0 Å². The number of unbranched alkanes of at least 4 members (excludes halogenated alkanes) is 1. The van der Waals surface area contributed by atoms with Gasteiger partial charge in [-0.15, -0.1) is 0 Å². The number of aliphatic hydroxyl groups excluding tert-OH is 1. The fourth-order valence-corrected chi connectivity index (χ4v) is 1.39. The third kappa shape index (κ3) is 5.58. The summed E-state index contributed by atoms with van der Waals surface area (Å²) in [6.45, 7) is 5.36. The zero-order chi connectivity index (χ0) is 10.2. The molecular weight excluding hydrogens is 178 g/mol. The van der Waals surface area contributed by atoms with E-state index in [0.717, 1.165) is 32.7 Å². The Labute approximate surface area is 86.8 Å². The molecule has 1 saturated carbocycles. The van der Waals surface area contributed by atoms with E-state index in [1.165, 1.54) is 19.3 Å². The van der Waals surface area contributed by atoms with Gasteiger partial charge in [-0.1, -0.05) is 13.3 Å². The summed E-state index contributed by atoms with van der Waals surface area (Å²) in [6.07, 6.45) is 4.61. The molecular formula is C11H23NO2. The van der Waals surface area contributed by atoms with Gasteiger partial charge < -0.3 is 15.2 Å². The van der Waals surface area contributed by atoms with E-state index in [2.05, 4.69) is 12.2 Å². The predicted octanol–water partition coefficient (Wildman–Crippen LogP) is 1.16. The number of aliphatic hydroxyl groups is 1. The van der Waals surface area contributed by atoms with Gasteiger partial charge in [-0.25, -0.2) is 0 Å². The van der Waals surface area contributed by atoms with Gasteiger partial charge >= 0.3 is 0 Å². The Kier molecular flexibility index (Phi) is 6.15. The van der Waals surface area contributed by atoms with E-state index >= 15 is 0 Å². The molecule has 84 valence electrons. The molecule has 1 aliphatic carbocycles. The Hall–Kier alpha value is -0.120. The lowest BCUT2D eigenvalue weighted by atomic mass is 10.2. The molecule has 1 aliphatic rings. The summed E-state index contributed by atoms with van der Waals surface area (Å²) in [7, 11) is 0. The maximum Gasteiger partial charge on any atom is 0.0692 e. The van der Waals surface area contributed by atoms with Crippen LogP contribution in [0.2, 0.25) is 0 Å². The van der Waals surface area contributed by atoms with Crippen LogP contribution in [0.4, 0.5) is 0 Å². The van der Waals surface area contributed by atoms with Crippen molar-refractivity contribution < 1.29 is 9.84 Å². The number of ether oxygens (including phenoxy) is 1.